The van der Waals surface area contributed by atoms with E-state index in [2.05, 4.69) is 4.98 Å². The number of ether oxygens (including phenoxy) is 2. The van der Waals surface area contributed by atoms with Crippen molar-refractivity contribution < 1.29 is 19.4 Å². The fourth-order valence-corrected chi connectivity index (χ4v) is 2.78. The number of pyridine rings is 1. The normalized spacial score (nSPS) is 13.2. The zero-order chi connectivity index (χ0) is 19.4. The van der Waals surface area contributed by atoms with Crippen LogP contribution >= 0.6 is 11.6 Å². The van der Waals surface area contributed by atoms with Crippen molar-refractivity contribution >= 4 is 28.3 Å². The summed E-state index contributed by atoms with van der Waals surface area (Å²) in [6.07, 6.45) is -1.26. The molecule has 0 saturated heterocycles. The number of Topliss-reactive ketones (excluding diaryl/α,β-unsaturated/α-hetero) is 1. The lowest BCUT2D eigenvalue weighted by molar-refractivity contribution is -0.120. The van der Waals surface area contributed by atoms with E-state index in [1.54, 1.807) is 43.3 Å². The molecule has 0 aliphatic carbocycles. The lowest BCUT2D eigenvalue weighted by atomic mass is 10.1. The summed E-state index contributed by atoms with van der Waals surface area (Å²) >= 11 is 5.98. The summed E-state index contributed by atoms with van der Waals surface area (Å²) in [5.41, 5.74) is 0.796. The first-order valence-corrected chi connectivity index (χ1v) is 8.97. The first kappa shape index (κ1) is 19.1. The molecule has 2 atom stereocenters. The van der Waals surface area contributed by atoms with Crippen LogP contribution in [-0.2, 0) is 4.79 Å². The molecule has 0 amide bonds. The number of rotatable bonds is 7. The van der Waals surface area contributed by atoms with Crippen LogP contribution in [0, 0.1) is 0 Å². The summed E-state index contributed by atoms with van der Waals surface area (Å²) < 4.78 is 11.4. The van der Waals surface area contributed by atoms with E-state index in [9.17, 15) is 9.90 Å². The number of carbonyl (C=O) groups excluding carboxylic acids is 1. The van der Waals surface area contributed by atoms with Crippen molar-refractivity contribution in [3.05, 3.63) is 59.6 Å². The van der Waals surface area contributed by atoms with Crippen LogP contribution in [0.1, 0.15) is 20.3 Å². The van der Waals surface area contributed by atoms with Crippen molar-refractivity contribution in [1.82, 2.24) is 4.98 Å². The smallest absolute Gasteiger partial charge is 0.219 e. The standard InChI is InChI=1S/C21H20ClNO4/c1-13(24)11-20(25)14(2)26-17-5-7-18(8-6-17)27-21-10-3-15-12-16(22)4-9-19(15)23-21/h3-10,12,14,20,25H,11H2,1-2H3. The van der Waals surface area contributed by atoms with Gasteiger partial charge in [-0.15, -0.1) is 0 Å². The van der Waals surface area contributed by atoms with Crippen LogP contribution in [0.25, 0.3) is 10.9 Å². The second-order valence-corrected chi connectivity index (χ2v) is 6.79. The van der Waals surface area contributed by atoms with Gasteiger partial charge in [0, 0.05) is 22.9 Å². The predicted molar refractivity (Wildman–Crippen MR) is 105 cm³/mol. The van der Waals surface area contributed by atoms with Gasteiger partial charge < -0.3 is 14.6 Å². The van der Waals surface area contributed by atoms with Gasteiger partial charge >= 0.3 is 0 Å². The fourth-order valence-electron chi connectivity index (χ4n) is 2.60. The summed E-state index contributed by atoms with van der Waals surface area (Å²) in [4.78, 5) is 15.5. The Bertz CT molecular complexity index is 943. The monoisotopic (exact) mass is 385 g/mol. The van der Waals surface area contributed by atoms with Gasteiger partial charge in [0.1, 0.15) is 23.4 Å². The van der Waals surface area contributed by atoms with Gasteiger partial charge in [-0.3, -0.25) is 4.79 Å². The van der Waals surface area contributed by atoms with Gasteiger partial charge in [0.05, 0.1) is 11.6 Å². The molecule has 2 unspecified atom stereocenters. The Hall–Kier alpha value is -2.63. The highest BCUT2D eigenvalue weighted by Gasteiger charge is 2.17. The summed E-state index contributed by atoms with van der Waals surface area (Å²) in [5.74, 6) is 1.59. The predicted octanol–water partition coefficient (Wildman–Crippen LogP) is 4.79. The quantitative estimate of drug-likeness (QED) is 0.633. The van der Waals surface area contributed by atoms with Crippen LogP contribution in [-0.4, -0.2) is 28.1 Å². The van der Waals surface area contributed by atoms with Gasteiger partial charge in [0.25, 0.3) is 0 Å². The van der Waals surface area contributed by atoms with Gasteiger partial charge in [-0.1, -0.05) is 11.6 Å². The van der Waals surface area contributed by atoms with E-state index in [1.807, 2.05) is 18.2 Å². The number of aromatic nitrogens is 1. The number of halogens is 1. The molecule has 0 aliphatic heterocycles. The van der Waals surface area contributed by atoms with Crippen LogP contribution in [0.3, 0.4) is 0 Å². The number of hydrogen-bond acceptors (Lipinski definition) is 5. The third-order valence-electron chi connectivity index (χ3n) is 4.03. The molecule has 0 aliphatic rings. The third kappa shape index (κ3) is 5.18. The average molecular weight is 386 g/mol. The van der Waals surface area contributed by atoms with Crippen molar-refractivity contribution in [3.63, 3.8) is 0 Å². The maximum absolute atomic E-state index is 11.1. The topological polar surface area (TPSA) is 68.7 Å². The SMILES string of the molecule is CC(=O)CC(O)C(C)Oc1ccc(Oc2ccc3cc(Cl)ccc3n2)cc1. The number of ketones is 1. The van der Waals surface area contributed by atoms with E-state index >= 15 is 0 Å². The van der Waals surface area contributed by atoms with Crippen LogP contribution in [0.5, 0.6) is 17.4 Å². The minimum absolute atomic E-state index is 0.0706. The van der Waals surface area contributed by atoms with Gasteiger partial charge in [0.15, 0.2) is 0 Å². The zero-order valence-electron chi connectivity index (χ0n) is 15.1. The molecule has 0 fully saturated rings. The molecule has 27 heavy (non-hydrogen) atoms. The number of aliphatic hydroxyl groups is 1. The molecule has 0 saturated carbocycles. The van der Waals surface area contributed by atoms with Crippen LogP contribution in [0.4, 0.5) is 0 Å². The summed E-state index contributed by atoms with van der Waals surface area (Å²) in [6, 6.07) is 16.2. The van der Waals surface area contributed by atoms with Gasteiger partial charge in [-0.05, 0) is 62.4 Å². The van der Waals surface area contributed by atoms with E-state index in [4.69, 9.17) is 21.1 Å². The van der Waals surface area contributed by atoms with Crippen molar-refractivity contribution in [2.24, 2.45) is 0 Å². The maximum Gasteiger partial charge on any atom is 0.219 e. The van der Waals surface area contributed by atoms with Crippen molar-refractivity contribution in [2.75, 3.05) is 0 Å². The van der Waals surface area contributed by atoms with Gasteiger partial charge in [-0.2, -0.15) is 0 Å². The first-order chi connectivity index (χ1) is 12.9. The Kier molecular flexibility index (Phi) is 5.94. The highest BCUT2D eigenvalue weighted by atomic mass is 35.5. The van der Waals surface area contributed by atoms with Crippen LogP contribution in [0.2, 0.25) is 5.02 Å². The number of fused-ring (bicyclic) bond motifs is 1. The molecular weight excluding hydrogens is 366 g/mol. The van der Waals surface area contributed by atoms with Gasteiger partial charge in [-0.25, -0.2) is 4.98 Å². The minimum atomic E-state index is -0.839. The van der Waals surface area contributed by atoms with E-state index in [0.29, 0.717) is 22.4 Å². The molecule has 1 N–H and O–H groups in total. The van der Waals surface area contributed by atoms with E-state index < -0.39 is 12.2 Å². The molecule has 3 aromatic rings. The van der Waals surface area contributed by atoms with Crippen molar-refractivity contribution in [3.8, 4) is 17.4 Å². The molecule has 140 valence electrons. The molecule has 0 radical (unpaired) electrons. The average Bonchev–Trinajstić information content (AvgIpc) is 2.63. The fraction of sp³-hybridized carbons (Fsp3) is 0.238. The molecule has 1 heterocycles. The Labute approximate surface area is 162 Å². The maximum atomic E-state index is 11.1. The van der Waals surface area contributed by atoms with E-state index in [-0.39, 0.29) is 12.2 Å². The zero-order valence-corrected chi connectivity index (χ0v) is 15.8. The number of carbonyl (C=O) groups is 1. The Morgan fingerprint density at radius 1 is 1.11 bits per heavy atom. The van der Waals surface area contributed by atoms with Crippen molar-refractivity contribution in [1.29, 1.82) is 0 Å². The number of aliphatic hydroxyl groups excluding tert-OH is 1. The highest BCUT2D eigenvalue weighted by Crippen LogP contribution is 2.26. The molecular formula is C21H20ClNO4. The van der Waals surface area contributed by atoms with E-state index in [1.165, 1.54) is 6.92 Å². The Morgan fingerprint density at radius 2 is 1.81 bits per heavy atom. The lowest BCUT2D eigenvalue weighted by Gasteiger charge is -2.19. The molecule has 0 spiro atoms. The van der Waals surface area contributed by atoms with Crippen LogP contribution < -0.4 is 9.47 Å². The molecule has 1 aromatic heterocycles. The molecule has 2 aromatic carbocycles. The van der Waals surface area contributed by atoms with Crippen LogP contribution in [0.15, 0.2) is 54.6 Å². The number of nitrogens with zero attached hydrogens (tertiary/aromatic N) is 1. The highest BCUT2D eigenvalue weighted by molar-refractivity contribution is 6.31. The Morgan fingerprint density at radius 3 is 2.52 bits per heavy atom. The molecule has 0 bridgehead atoms. The summed E-state index contributed by atoms with van der Waals surface area (Å²) in [7, 11) is 0. The molecule has 3 rings (SSSR count). The van der Waals surface area contributed by atoms with Gasteiger partial charge in [0.2, 0.25) is 5.88 Å². The first-order valence-electron chi connectivity index (χ1n) is 8.59. The molecule has 6 heteroatoms. The lowest BCUT2D eigenvalue weighted by Crippen LogP contribution is -2.30. The van der Waals surface area contributed by atoms with Crippen molar-refractivity contribution in [2.45, 2.75) is 32.5 Å². The Balaban J connectivity index is 1.65. The summed E-state index contributed by atoms with van der Waals surface area (Å²) in [6.45, 7) is 3.17. The second-order valence-electron chi connectivity index (χ2n) is 6.36. The number of benzene rings is 2. The third-order valence-corrected chi connectivity index (χ3v) is 4.27. The second kappa shape index (κ2) is 8.37. The largest absolute Gasteiger partial charge is 0.488 e. The van der Waals surface area contributed by atoms with E-state index in [0.717, 1.165) is 10.9 Å². The minimum Gasteiger partial charge on any atom is -0.488 e. The molecule has 5 nitrogen and oxygen atoms in total. The summed E-state index contributed by atoms with van der Waals surface area (Å²) in [5, 5.41) is 11.5. The number of hydrogen-bond donors (Lipinski definition) is 1.